The number of nitrogens with one attached hydrogen (secondary N) is 1. The fourth-order valence-corrected chi connectivity index (χ4v) is 3.71. The summed E-state index contributed by atoms with van der Waals surface area (Å²) in [7, 11) is 0. The van der Waals surface area contributed by atoms with Gasteiger partial charge in [0, 0.05) is 26.1 Å². The maximum Gasteiger partial charge on any atom is 0.407 e. The van der Waals surface area contributed by atoms with E-state index in [1.165, 1.54) is 15.6 Å². The van der Waals surface area contributed by atoms with E-state index in [9.17, 15) is 14.7 Å². The summed E-state index contributed by atoms with van der Waals surface area (Å²) in [6.45, 7) is 3.26. The van der Waals surface area contributed by atoms with Gasteiger partial charge < -0.3 is 15.0 Å². The molecule has 0 saturated heterocycles. The predicted octanol–water partition coefficient (Wildman–Crippen LogP) is 2.68. The number of hydrogen-bond donors (Lipinski definition) is 2. The zero-order valence-electron chi connectivity index (χ0n) is 17.4. The van der Waals surface area contributed by atoms with Gasteiger partial charge in [-0.05, 0) is 12.0 Å². The highest BCUT2D eigenvalue weighted by molar-refractivity contribution is 5.72. The second kappa shape index (κ2) is 8.99. The third-order valence-electron chi connectivity index (χ3n) is 5.32. The van der Waals surface area contributed by atoms with Crippen LogP contribution in [0.15, 0.2) is 41.5 Å². The average Bonchev–Trinajstić information content (AvgIpc) is 3.42. The molecule has 0 aliphatic rings. The van der Waals surface area contributed by atoms with Crippen LogP contribution in [0.3, 0.4) is 0 Å². The van der Waals surface area contributed by atoms with E-state index in [0.717, 1.165) is 24.8 Å². The van der Waals surface area contributed by atoms with Crippen LogP contribution in [0.5, 0.6) is 0 Å². The van der Waals surface area contributed by atoms with Crippen LogP contribution >= 0.6 is 0 Å². The lowest BCUT2D eigenvalue weighted by Gasteiger charge is -2.18. The monoisotopic (exact) mass is 423 g/mol. The van der Waals surface area contributed by atoms with Crippen LogP contribution in [0.1, 0.15) is 37.6 Å². The minimum atomic E-state index is -1.02. The lowest BCUT2D eigenvalue weighted by molar-refractivity contribution is 0.142. The fourth-order valence-electron chi connectivity index (χ4n) is 3.71. The number of aromatic nitrogens is 6. The van der Waals surface area contributed by atoms with E-state index >= 15 is 0 Å². The number of nitrogens with zero attached hydrogens (tertiary/aromatic N) is 6. The largest absolute Gasteiger partial charge is 0.465 e. The van der Waals surface area contributed by atoms with Crippen LogP contribution in [0.25, 0.3) is 16.9 Å². The molecule has 3 aromatic heterocycles. The molecule has 4 aromatic rings. The predicted molar refractivity (Wildman–Crippen MR) is 115 cm³/mol. The first-order valence-corrected chi connectivity index (χ1v) is 10.4. The summed E-state index contributed by atoms with van der Waals surface area (Å²) in [6.07, 6.45) is 3.81. The normalized spacial score (nSPS) is 11.4. The van der Waals surface area contributed by atoms with E-state index in [2.05, 4.69) is 27.1 Å². The Morgan fingerprint density at radius 2 is 2.00 bits per heavy atom. The lowest BCUT2D eigenvalue weighted by atomic mass is 10.2. The third-order valence-corrected chi connectivity index (χ3v) is 5.32. The maximum atomic E-state index is 13.1. The van der Waals surface area contributed by atoms with Gasteiger partial charge in [-0.1, -0.05) is 50.1 Å². The number of fused-ring (bicyclic) bond motifs is 2. The van der Waals surface area contributed by atoms with Crippen LogP contribution in [-0.4, -0.2) is 51.8 Å². The molecule has 31 heavy (non-hydrogen) atoms. The number of benzene rings is 1. The Labute approximate surface area is 178 Å². The summed E-state index contributed by atoms with van der Waals surface area (Å²) in [6, 6.07) is 9.40. The van der Waals surface area contributed by atoms with E-state index in [0.29, 0.717) is 29.3 Å². The fraction of sp³-hybridized carbons (Fsp3) is 0.381. The minimum Gasteiger partial charge on any atom is -0.465 e. The molecule has 0 saturated carbocycles. The van der Waals surface area contributed by atoms with Crippen molar-refractivity contribution in [2.24, 2.45) is 0 Å². The van der Waals surface area contributed by atoms with Gasteiger partial charge in [0.25, 0.3) is 5.56 Å². The Morgan fingerprint density at radius 3 is 2.74 bits per heavy atom. The highest BCUT2D eigenvalue weighted by atomic mass is 16.4. The van der Waals surface area contributed by atoms with Crippen molar-refractivity contribution in [3.05, 3.63) is 58.4 Å². The van der Waals surface area contributed by atoms with Crippen molar-refractivity contribution in [3.63, 3.8) is 0 Å². The van der Waals surface area contributed by atoms with Crippen LogP contribution in [0.2, 0.25) is 0 Å². The smallest absolute Gasteiger partial charge is 0.407 e. The van der Waals surface area contributed by atoms with E-state index in [4.69, 9.17) is 0 Å². The van der Waals surface area contributed by atoms with Gasteiger partial charge in [-0.3, -0.25) is 9.36 Å². The highest BCUT2D eigenvalue weighted by Gasteiger charge is 2.20. The van der Waals surface area contributed by atoms with Gasteiger partial charge in [0.15, 0.2) is 5.65 Å². The van der Waals surface area contributed by atoms with Crippen molar-refractivity contribution in [3.8, 4) is 0 Å². The van der Waals surface area contributed by atoms with Crippen molar-refractivity contribution in [2.45, 2.75) is 45.7 Å². The van der Waals surface area contributed by atoms with Gasteiger partial charge >= 0.3 is 6.09 Å². The molecule has 4 rings (SSSR count). The molecule has 0 bridgehead atoms. The number of amides is 1. The lowest BCUT2D eigenvalue weighted by Crippen LogP contribution is -2.32. The molecule has 162 valence electrons. The Hall–Kier alpha value is -3.69. The number of carbonyl (C=O) groups is 1. The van der Waals surface area contributed by atoms with E-state index in [1.54, 1.807) is 0 Å². The molecule has 1 aromatic carbocycles. The van der Waals surface area contributed by atoms with Crippen LogP contribution < -0.4 is 5.56 Å². The standard InChI is InChI=1S/C21H25N7O3/c1-2-3-7-11-27-18-17(22-14-23-18)19(29)28-16(24-25-20(27)28)10-12-26(21(30)31)13-15-8-5-4-6-9-15/h4-6,8-9,14H,2-3,7,10-13H2,1H3,(H,22,23)(H,30,31). The SMILES string of the molecule is CCCCCn1c2nc[nH]c2c(=O)n2c(CCN(Cc3ccccc3)C(=O)O)nnc12. The zero-order valence-corrected chi connectivity index (χ0v) is 17.4. The third kappa shape index (κ3) is 4.14. The Kier molecular flexibility index (Phi) is 5.96. The second-order valence-corrected chi connectivity index (χ2v) is 7.46. The molecule has 10 nitrogen and oxygen atoms in total. The van der Waals surface area contributed by atoms with E-state index < -0.39 is 6.09 Å². The van der Waals surface area contributed by atoms with Gasteiger partial charge in [-0.2, -0.15) is 0 Å². The number of aryl methyl sites for hydroxylation is 1. The number of hydrogen-bond acceptors (Lipinski definition) is 5. The number of unbranched alkanes of at least 4 members (excludes halogenated alkanes) is 2. The first kappa shape index (κ1) is 20.6. The number of H-pyrrole nitrogens is 1. The van der Waals surface area contributed by atoms with Gasteiger partial charge in [0.1, 0.15) is 11.3 Å². The quantitative estimate of drug-likeness (QED) is 0.399. The molecule has 10 heteroatoms. The van der Waals surface area contributed by atoms with Crippen molar-refractivity contribution < 1.29 is 9.90 Å². The first-order chi connectivity index (χ1) is 15.1. The van der Waals surface area contributed by atoms with Gasteiger partial charge in [-0.25, -0.2) is 14.2 Å². The van der Waals surface area contributed by atoms with Crippen LogP contribution in [0, 0.1) is 0 Å². The molecule has 0 unspecified atom stereocenters. The topological polar surface area (TPSA) is 121 Å². The average molecular weight is 423 g/mol. The van der Waals surface area contributed by atoms with Crippen LogP contribution in [0.4, 0.5) is 4.79 Å². The van der Waals surface area contributed by atoms with Crippen molar-refractivity contribution in [2.75, 3.05) is 6.54 Å². The summed E-state index contributed by atoms with van der Waals surface area (Å²) >= 11 is 0. The molecule has 0 aliphatic heterocycles. The molecule has 1 amide bonds. The van der Waals surface area contributed by atoms with Crippen molar-refractivity contribution in [1.82, 2.24) is 34.0 Å². The molecular formula is C21H25N7O3. The zero-order chi connectivity index (χ0) is 21.8. The molecule has 0 aliphatic carbocycles. The van der Waals surface area contributed by atoms with Crippen molar-refractivity contribution >= 4 is 23.0 Å². The second-order valence-electron chi connectivity index (χ2n) is 7.46. The molecule has 0 radical (unpaired) electrons. The Balaban J connectivity index is 1.64. The van der Waals surface area contributed by atoms with E-state index in [1.807, 2.05) is 34.9 Å². The first-order valence-electron chi connectivity index (χ1n) is 10.4. The van der Waals surface area contributed by atoms with Gasteiger partial charge in [0.05, 0.1) is 6.33 Å². The molecule has 0 spiro atoms. The molecule has 0 fully saturated rings. The van der Waals surface area contributed by atoms with E-state index in [-0.39, 0.29) is 25.1 Å². The minimum absolute atomic E-state index is 0.196. The summed E-state index contributed by atoms with van der Waals surface area (Å²) < 4.78 is 3.37. The number of aromatic amines is 1. The summed E-state index contributed by atoms with van der Waals surface area (Å²) in [5, 5.41) is 18.1. The number of rotatable bonds is 9. The number of imidazole rings is 1. The van der Waals surface area contributed by atoms with Crippen LogP contribution in [-0.2, 0) is 19.5 Å². The summed E-state index contributed by atoms with van der Waals surface area (Å²) in [5.41, 5.74) is 1.57. The highest BCUT2D eigenvalue weighted by Crippen LogP contribution is 2.13. The summed E-state index contributed by atoms with van der Waals surface area (Å²) in [4.78, 5) is 33.3. The summed E-state index contributed by atoms with van der Waals surface area (Å²) in [5.74, 6) is 0.862. The Bertz CT molecular complexity index is 1240. The number of carboxylic acid groups (broad SMARTS) is 1. The molecular weight excluding hydrogens is 398 g/mol. The molecule has 2 N–H and O–H groups in total. The van der Waals surface area contributed by atoms with Gasteiger partial charge in [0.2, 0.25) is 5.78 Å². The van der Waals surface area contributed by atoms with Crippen molar-refractivity contribution in [1.29, 1.82) is 0 Å². The molecule has 0 atom stereocenters. The maximum absolute atomic E-state index is 13.1. The Morgan fingerprint density at radius 1 is 1.19 bits per heavy atom. The molecule has 3 heterocycles. The van der Waals surface area contributed by atoms with Gasteiger partial charge in [-0.15, -0.1) is 10.2 Å².